The monoisotopic (exact) mass is 649 g/mol. The van der Waals surface area contributed by atoms with E-state index in [1.807, 2.05) is 38.1 Å². The smallest absolute Gasteiger partial charge is 0.264 e. The summed E-state index contributed by atoms with van der Waals surface area (Å²) < 4.78 is 35.1. The number of nitrogens with zero attached hydrogens (tertiary/aromatic N) is 2. The van der Waals surface area contributed by atoms with Crippen LogP contribution < -0.4 is 14.4 Å². The zero-order valence-corrected chi connectivity index (χ0v) is 26.0. The Kier molecular flexibility index (Phi) is 11.0. The van der Waals surface area contributed by atoms with Gasteiger partial charge in [-0.25, -0.2) is 8.42 Å². The van der Waals surface area contributed by atoms with Gasteiger partial charge in [-0.2, -0.15) is 0 Å². The van der Waals surface area contributed by atoms with Crippen molar-refractivity contribution in [3.8, 4) is 5.75 Å². The summed E-state index contributed by atoms with van der Waals surface area (Å²) >= 11 is 9.71. The minimum absolute atomic E-state index is 0.00840. The molecule has 0 saturated heterocycles. The molecule has 3 aromatic carbocycles. The highest BCUT2D eigenvalue weighted by Gasteiger charge is 2.34. The van der Waals surface area contributed by atoms with Crippen molar-refractivity contribution in [3.05, 3.63) is 87.9 Å². The van der Waals surface area contributed by atoms with Crippen LogP contribution >= 0.6 is 27.5 Å². The Labute approximate surface area is 249 Å². The Balaban J connectivity index is 2.08. The van der Waals surface area contributed by atoms with E-state index in [-0.39, 0.29) is 39.8 Å². The van der Waals surface area contributed by atoms with Gasteiger partial charge in [0.05, 0.1) is 17.7 Å². The molecule has 2 amide bonds. The van der Waals surface area contributed by atoms with Crippen molar-refractivity contribution < 1.29 is 22.7 Å². The standard InChI is InChI=1S/C29H33BrClN3O5S/c1-5-20(2)32-29(36)21(3)33(18-22-10-9-11-23(30)16-22)28(35)19-34(26-17-24(31)14-15-27(26)39-4)40(37,38)25-12-7-6-8-13-25/h6-17,20-21H,5,18-19H2,1-4H3,(H,32,36)/t20-,21+/m0/s1. The average molecular weight is 651 g/mol. The molecule has 1 N–H and O–H groups in total. The number of carbonyl (C=O) groups excluding carboxylic acids is 2. The van der Waals surface area contributed by atoms with E-state index < -0.39 is 28.5 Å². The lowest BCUT2D eigenvalue weighted by Gasteiger charge is -2.33. The predicted octanol–water partition coefficient (Wildman–Crippen LogP) is 5.64. The molecule has 0 bridgehead atoms. The summed E-state index contributed by atoms with van der Waals surface area (Å²) in [6.07, 6.45) is 0.718. The third-order valence-corrected chi connectivity index (χ3v) is 8.93. The second-order valence-electron chi connectivity index (χ2n) is 9.29. The first-order chi connectivity index (χ1) is 19.0. The SMILES string of the molecule is CC[C@H](C)NC(=O)[C@@H](C)N(Cc1cccc(Br)c1)C(=O)CN(c1cc(Cl)ccc1OC)S(=O)(=O)c1ccccc1. The third-order valence-electron chi connectivity index (χ3n) is 6.43. The summed E-state index contributed by atoms with van der Waals surface area (Å²) in [4.78, 5) is 28.6. The first-order valence-corrected chi connectivity index (χ1v) is 15.3. The molecule has 0 radical (unpaired) electrons. The number of amides is 2. The van der Waals surface area contributed by atoms with E-state index in [0.29, 0.717) is 0 Å². The maximum absolute atomic E-state index is 14.0. The lowest BCUT2D eigenvalue weighted by atomic mass is 10.1. The number of carbonyl (C=O) groups is 2. The normalized spacial score (nSPS) is 12.8. The van der Waals surface area contributed by atoms with Gasteiger partial charge in [-0.3, -0.25) is 13.9 Å². The number of nitrogens with one attached hydrogen (secondary N) is 1. The highest BCUT2D eigenvalue weighted by molar-refractivity contribution is 9.10. The summed E-state index contributed by atoms with van der Waals surface area (Å²) in [5.74, 6) is -0.693. The lowest BCUT2D eigenvalue weighted by Crippen LogP contribution is -2.52. The van der Waals surface area contributed by atoms with Crippen LogP contribution in [0.15, 0.2) is 82.2 Å². The number of hydrogen-bond acceptors (Lipinski definition) is 5. The molecule has 214 valence electrons. The number of ether oxygens (including phenoxy) is 1. The minimum atomic E-state index is -4.24. The van der Waals surface area contributed by atoms with Crippen LogP contribution in [-0.4, -0.2) is 50.9 Å². The molecular formula is C29H33BrClN3O5S. The summed E-state index contributed by atoms with van der Waals surface area (Å²) in [5, 5.41) is 3.18. The van der Waals surface area contributed by atoms with E-state index >= 15 is 0 Å². The first-order valence-electron chi connectivity index (χ1n) is 12.7. The van der Waals surface area contributed by atoms with Gasteiger partial charge in [-0.05, 0) is 68.3 Å². The van der Waals surface area contributed by atoms with Gasteiger partial charge in [-0.1, -0.05) is 64.8 Å². The molecule has 0 aromatic heterocycles. The number of halogens is 2. The lowest BCUT2D eigenvalue weighted by molar-refractivity contribution is -0.139. The fraction of sp³-hybridized carbons (Fsp3) is 0.310. The zero-order chi connectivity index (χ0) is 29.4. The van der Waals surface area contributed by atoms with Gasteiger partial charge in [-0.15, -0.1) is 0 Å². The quantitative estimate of drug-likeness (QED) is 0.274. The van der Waals surface area contributed by atoms with E-state index in [1.54, 1.807) is 31.2 Å². The number of hydrogen-bond donors (Lipinski definition) is 1. The molecular weight excluding hydrogens is 618 g/mol. The van der Waals surface area contributed by atoms with Gasteiger partial charge < -0.3 is 15.0 Å². The van der Waals surface area contributed by atoms with Crippen LogP contribution in [0.1, 0.15) is 32.8 Å². The minimum Gasteiger partial charge on any atom is -0.495 e. The molecule has 0 aliphatic rings. The third kappa shape index (κ3) is 7.77. The molecule has 11 heteroatoms. The van der Waals surface area contributed by atoms with Crippen molar-refractivity contribution in [1.29, 1.82) is 0 Å². The van der Waals surface area contributed by atoms with E-state index in [0.717, 1.165) is 20.8 Å². The summed E-state index contributed by atoms with van der Waals surface area (Å²) in [6.45, 7) is 4.95. The molecule has 0 aliphatic carbocycles. The molecule has 0 unspecified atom stereocenters. The Morgan fingerprint density at radius 3 is 2.35 bits per heavy atom. The van der Waals surface area contributed by atoms with Gasteiger partial charge in [0, 0.05) is 22.1 Å². The number of sulfonamides is 1. The molecule has 3 rings (SSSR count). The molecule has 2 atom stereocenters. The number of methoxy groups -OCH3 is 1. The van der Waals surface area contributed by atoms with Crippen LogP contribution in [0.5, 0.6) is 5.75 Å². The van der Waals surface area contributed by atoms with E-state index in [4.69, 9.17) is 16.3 Å². The van der Waals surface area contributed by atoms with Crippen LogP contribution in [-0.2, 0) is 26.2 Å². The van der Waals surface area contributed by atoms with Crippen LogP contribution in [0, 0.1) is 0 Å². The molecule has 0 fully saturated rings. The molecule has 8 nitrogen and oxygen atoms in total. The maximum Gasteiger partial charge on any atom is 0.264 e. The van der Waals surface area contributed by atoms with Gasteiger partial charge >= 0.3 is 0 Å². The molecule has 0 heterocycles. The molecule has 40 heavy (non-hydrogen) atoms. The van der Waals surface area contributed by atoms with Gasteiger partial charge in [0.2, 0.25) is 11.8 Å². The van der Waals surface area contributed by atoms with Crippen molar-refractivity contribution in [3.63, 3.8) is 0 Å². The van der Waals surface area contributed by atoms with Crippen LogP contribution in [0.4, 0.5) is 5.69 Å². The first kappa shape index (κ1) is 31.4. The number of benzene rings is 3. The van der Waals surface area contributed by atoms with Crippen molar-refractivity contribution in [2.75, 3.05) is 18.0 Å². The van der Waals surface area contributed by atoms with Crippen LogP contribution in [0.3, 0.4) is 0 Å². The van der Waals surface area contributed by atoms with Gasteiger partial charge in [0.1, 0.15) is 18.3 Å². The summed E-state index contributed by atoms with van der Waals surface area (Å²) in [7, 11) is -2.84. The zero-order valence-electron chi connectivity index (χ0n) is 22.8. The number of anilines is 1. The Hall–Kier alpha value is -3.08. The molecule has 3 aromatic rings. The Bertz CT molecular complexity index is 1440. The fourth-order valence-corrected chi connectivity index (χ4v) is 6.02. The van der Waals surface area contributed by atoms with Crippen LogP contribution in [0.25, 0.3) is 0 Å². The Morgan fingerprint density at radius 1 is 1.02 bits per heavy atom. The highest BCUT2D eigenvalue weighted by Crippen LogP contribution is 2.35. The predicted molar refractivity (Wildman–Crippen MR) is 161 cm³/mol. The topological polar surface area (TPSA) is 96.0 Å². The van der Waals surface area contributed by atoms with Crippen molar-refractivity contribution in [2.24, 2.45) is 0 Å². The van der Waals surface area contributed by atoms with Crippen molar-refractivity contribution >= 4 is 55.1 Å². The second-order valence-corrected chi connectivity index (χ2v) is 12.5. The van der Waals surface area contributed by atoms with Crippen molar-refractivity contribution in [1.82, 2.24) is 10.2 Å². The Morgan fingerprint density at radius 2 is 1.73 bits per heavy atom. The fourth-order valence-electron chi connectivity index (χ4n) is 3.97. The average Bonchev–Trinajstić information content (AvgIpc) is 2.94. The summed E-state index contributed by atoms with van der Waals surface area (Å²) in [5.41, 5.74) is 0.870. The molecule has 0 aliphatic heterocycles. The molecule has 0 saturated carbocycles. The van der Waals surface area contributed by atoms with Gasteiger partial charge in [0.15, 0.2) is 0 Å². The van der Waals surface area contributed by atoms with E-state index in [9.17, 15) is 18.0 Å². The summed E-state index contributed by atoms with van der Waals surface area (Å²) in [6, 6.07) is 18.7. The van der Waals surface area contributed by atoms with E-state index in [1.165, 1.54) is 36.3 Å². The van der Waals surface area contributed by atoms with Crippen molar-refractivity contribution in [2.45, 2.75) is 50.7 Å². The highest BCUT2D eigenvalue weighted by atomic mass is 79.9. The maximum atomic E-state index is 14.0. The molecule has 0 spiro atoms. The second kappa shape index (κ2) is 14.0. The number of rotatable bonds is 12. The largest absolute Gasteiger partial charge is 0.495 e. The van der Waals surface area contributed by atoms with Gasteiger partial charge in [0.25, 0.3) is 10.0 Å². The van der Waals surface area contributed by atoms with Crippen LogP contribution in [0.2, 0.25) is 5.02 Å². The van der Waals surface area contributed by atoms with E-state index in [2.05, 4.69) is 21.2 Å².